The summed E-state index contributed by atoms with van der Waals surface area (Å²) in [5, 5.41) is 7.80. The fraction of sp³-hybridized carbons (Fsp3) is 0.286. The number of anilines is 1. The number of nitrogens with one attached hydrogen (secondary N) is 3. The van der Waals surface area contributed by atoms with Crippen molar-refractivity contribution in [1.82, 2.24) is 15.6 Å². The standard InChI is InChI=1S/C14H16N4O4S/c1-8(19)15-6-12(20)16-7-13(21)18-14-17-10-4-3-9(22-2)5-11(10)23-14/h3-5H,6-7H2,1-2H3,(H,15,19)(H,16,20)(H,17,18,21). The molecule has 0 aliphatic rings. The normalized spacial score (nSPS) is 10.2. The maximum absolute atomic E-state index is 11.8. The Labute approximate surface area is 136 Å². The number of rotatable bonds is 6. The minimum atomic E-state index is -0.440. The van der Waals surface area contributed by atoms with E-state index in [4.69, 9.17) is 4.74 Å². The second kappa shape index (κ2) is 7.54. The van der Waals surface area contributed by atoms with Gasteiger partial charge in [0.05, 0.1) is 30.4 Å². The lowest BCUT2D eigenvalue weighted by Crippen LogP contribution is -2.39. The molecule has 1 aromatic carbocycles. The zero-order valence-corrected chi connectivity index (χ0v) is 13.5. The van der Waals surface area contributed by atoms with Gasteiger partial charge in [-0.2, -0.15) is 0 Å². The van der Waals surface area contributed by atoms with E-state index >= 15 is 0 Å². The molecule has 0 aliphatic heterocycles. The van der Waals surface area contributed by atoms with E-state index in [2.05, 4.69) is 20.9 Å². The molecule has 0 saturated carbocycles. The molecule has 8 nitrogen and oxygen atoms in total. The number of hydrogen-bond donors (Lipinski definition) is 3. The van der Waals surface area contributed by atoms with E-state index in [0.29, 0.717) is 10.9 Å². The molecule has 0 bridgehead atoms. The summed E-state index contributed by atoms with van der Waals surface area (Å²) >= 11 is 1.31. The van der Waals surface area contributed by atoms with Crippen molar-refractivity contribution in [2.24, 2.45) is 0 Å². The number of carbonyl (C=O) groups excluding carboxylic acids is 3. The highest BCUT2D eigenvalue weighted by Crippen LogP contribution is 2.28. The van der Waals surface area contributed by atoms with Crippen LogP contribution in [0, 0.1) is 0 Å². The SMILES string of the molecule is COc1ccc2nc(NC(=O)CNC(=O)CNC(C)=O)sc2c1. The maximum atomic E-state index is 11.8. The fourth-order valence-electron chi connectivity index (χ4n) is 1.69. The van der Waals surface area contributed by atoms with Crippen LogP contribution in [0.25, 0.3) is 10.2 Å². The van der Waals surface area contributed by atoms with Gasteiger partial charge in [0.25, 0.3) is 0 Å². The molecule has 0 aliphatic carbocycles. The molecule has 3 N–H and O–H groups in total. The van der Waals surface area contributed by atoms with Crippen LogP contribution in [0.4, 0.5) is 5.13 Å². The molecule has 1 aromatic heterocycles. The van der Waals surface area contributed by atoms with Gasteiger partial charge in [-0.1, -0.05) is 11.3 Å². The molecule has 2 aromatic rings. The zero-order valence-electron chi connectivity index (χ0n) is 12.6. The van der Waals surface area contributed by atoms with Crippen LogP contribution in [0.2, 0.25) is 0 Å². The molecule has 3 amide bonds. The van der Waals surface area contributed by atoms with Gasteiger partial charge in [0.1, 0.15) is 5.75 Å². The van der Waals surface area contributed by atoms with Crippen molar-refractivity contribution in [3.8, 4) is 5.75 Å². The van der Waals surface area contributed by atoms with Gasteiger partial charge < -0.3 is 20.7 Å². The van der Waals surface area contributed by atoms with Crippen LogP contribution in [-0.4, -0.2) is 42.9 Å². The van der Waals surface area contributed by atoms with Crippen LogP contribution in [0.1, 0.15) is 6.92 Å². The predicted molar refractivity (Wildman–Crippen MR) is 86.5 cm³/mol. The molecule has 0 radical (unpaired) electrons. The number of aromatic nitrogens is 1. The monoisotopic (exact) mass is 336 g/mol. The summed E-state index contributed by atoms with van der Waals surface area (Å²) in [5.74, 6) is -0.435. The third-order valence-corrected chi connectivity index (χ3v) is 3.72. The van der Waals surface area contributed by atoms with Gasteiger partial charge in [-0.05, 0) is 18.2 Å². The Balaban J connectivity index is 1.87. The third-order valence-electron chi connectivity index (χ3n) is 2.79. The number of carbonyl (C=O) groups is 3. The summed E-state index contributed by atoms with van der Waals surface area (Å²) < 4.78 is 6.02. The van der Waals surface area contributed by atoms with Crippen LogP contribution < -0.4 is 20.7 Å². The average Bonchev–Trinajstić information content (AvgIpc) is 2.91. The van der Waals surface area contributed by atoms with Gasteiger partial charge >= 0.3 is 0 Å². The lowest BCUT2D eigenvalue weighted by molar-refractivity contribution is -0.126. The van der Waals surface area contributed by atoms with Gasteiger partial charge in [-0.3, -0.25) is 14.4 Å². The van der Waals surface area contributed by atoms with E-state index in [1.54, 1.807) is 19.2 Å². The molecule has 0 saturated heterocycles. The summed E-state index contributed by atoms with van der Waals surface area (Å²) in [6.07, 6.45) is 0. The van der Waals surface area contributed by atoms with Gasteiger partial charge in [-0.25, -0.2) is 4.98 Å². The zero-order chi connectivity index (χ0) is 16.8. The average molecular weight is 336 g/mol. The Morgan fingerprint density at radius 1 is 1.17 bits per heavy atom. The molecule has 0 spiro atoms. The Hall–Kier alpha value is -2.68. The van der Waals surface area contributed by atoms with E-state index in [-0.39, 0.29) is 19.0 Å². The summed E-state index contributed by atoms with van der Waals surface area (Å²) in [6.45, 7) is 0.948. The summed E-state index contributed by atoms with van der Waals surface area (Å²) in [7, 11) is 1.58. The predicted octanol–water partition coefficient (Wildman–Crippen LogP) is 0.496. The topological polar surface area (TPSA) is 109 Å². The molecule has 23 heavy (non-hydrogen) atoms. The first-order valence-electron chi connectivity index (χ1n) is 6.73. The summed E-state index contributed by atoms with van der Waals surface area (Å²) in [6, 6.07) is 5.42. The van der Waals surface area contributed by atoms with Crippen molar-refractivity contribution in [2.45, 2.75) is 6.92 Å². The number of ether oxygens (including phenoxy) is 1. The molecule has 0 atom stereocenters. The first kappa shape index (κ1) is 16.7. The molecule has 1 heterocycles. The second-order valence-electron chi connectivity index (χ2n) is 4.59. The summed E-state index contributed by atoms with van der Waals surface area (Å²) in [5.41, 5.74) is 0.751. The number of thiazole rings is 1. The molecule has 2 rings (SSSR count). The van der Waals surface area contributed by atoms with E-state index < -0.39 is 11.8 Å². The first-order valence-corrected chi connectivity index (χ1v) is 7.55. The number of methoxy groups -OCH3 is 1. The lowest BCUT2D eigenvalue weighted by atomic mass is 10.3. The number of amides is 3. The molecule has 9 heteroatoms. The van der Waals surface area contributed by atoms with E-state index in [1.807, 2.05) is 6.07 Å². The van der Waals surface area contributed by atoms with Crippen molar-refractivity contribution in [3.63, 3.8) is 0 Å². The first-order chi connectivity index (χ1) is 11.0. The Kier molecular flexibility index (Phi) is 5.47. The highest BCUT2D eigenvalue weighted by Gasteiger charge is 2.10. The van der Waals surface area contributed by atoms with Crippen LogP contribution in [0.5, 0.6) is 5.75 Å². The van der Waals surface area contributed by atoms with Gasteiger partial charge in [0.15, 0.2) is 5.13 Å². The number of nitrogens with zero attached hydrogens (tertiary/aromatic N) is 1. The third kappa shape index (κ3) is 4.92. The Morgan fingerprint density at radius 3 is 2.61 bits per heavy atom. The minimum absolute atomic E-state index is 0.163. The van der Waals surface area contributed by atoms with Gasteiger partial charge in [0, 0.05) is 6.92 Å². The van der Waals surface area contributed by atoms with Gasteiger partial charge in [-0.15, -0.1) is 0 Å². The molecular weight excluding hydrogens is 320 g/mol. The smallest absolute Gasteiger partial charge is 0.245 e. The van der Waals surface area contributed by atoms with Crippen molar-refractivity contribution < 1.29 is 19.1 Å². The highest BCUT2D eigenvalue weighted by atomic mass is 32.1. The van der Waals surface area contributed by atoms with E-state index in [9.17, 15) is 14.4 Å². The number of benzene rings is 1. The van der Waals surface area contributed by atoms with E-state index in [0.717, 1.165) is 10.2 Å². The van der Waals surface area contributed by atoms with Crippen LogP contribution in [-0.2, 0) is 14.4 Å². The molecular formula is C14H16N4O4S. The molecule has 122 valence electrons. The van der Waals surface area contributed by atoms with E-state index in [1.165, 1.54) is 18.3 Å². The Morgan fingerprint density at radius 2 is 1.91 bits per heavy atom. The van der Waals surface area contributed by atoms with Crippen molar-refractivity contribution in [1.29, 1.82) is 0 Å². The fourth-order valence-corrected chi connectivity index (χ4v) is 2.61. The second-order valence-corrected chi connectivity index (χ2v) is 5.62. The van der Waals surface area contributed by atoms with Gasteiger partial charge in [0.2, 0.25) is 17.7 Å². The quantitative estimate of drug-likeness (QED) is 0.711. The lowest BCUT2D eigenvalue weighted by Gasteiger charge is -2.05. The van der Waals surface area contributed by atoms with Crippen LogP contribution in [0.3, 0.4) is 0 Å². The number of hydrogen-bond acceptors (Lipinski definition) is 6. The Bertz CT molecular complexity index is 743. The highest BCUT2D eigenvalue weighted by molar-refractivity contribution is 7.22. The maximum Gasteiger partial charge on any atom is 0.245 e. The van der Waals surface area contributed by atoms with Crippen LogP contribution in [0.15, 0.2) is 18.2 Å². The largest absolute Gasteiger partial charge is 0.497 e. The molecule has 0 unspecified atom stereocenters. The van der Waals surface area contributed by atoms with Crippen molar-refractivity contribution >= 4 is 44.4 Å². The molecule has 0 fully saturated rings. The number of fused-ring (bicyclic) bond motifs is 1. The van der Waals surface area contributed by atoms with Crippen molar-refractivity contribution in [3.05, 3.63) is 18.2 Å². The van der Waals surface area contributed by atoms with Crippen LogP contribution >= 0.6 is 11.3 Å². The minimum Gasteiger partial charge on any atom is -0.497 e. The summed E-state index contributed by atoms with van der Waals surface area (Å²) in [4.78, 5) is 38.1. The van der Waals surface area contributed by atoms with Crippen molar-refractivity contribution in [2.75, 3.05) is 25.5 Å².